The average Bonchev–Trinajstić information content (AvgIpc) is 2.75. The molecule has 4 heteroatoms. The predicted octanol–water partition coefficient (Wildman–Crippen LogP) is 1.24. The summed E-state index contributed by atoms with van der Waals surface area (Å²) in [5.74, 6) is 0. The highest BCUT2D eigenvalue weighted by Gasteiger charge is 2.14. The maximum absolute atomic E-state index is 8.85. The summed E-state index contributed by atoms with van der Waals surface area (Å²) in [7, 11) is 0. The van der Waals surface area contributed by atoms with Gasteiger partial charge in [-0.2, -0.15) is 0 Å². The normalized spacial score (nSPS) is 17.2. The fourth-order valence-electron chi connectivity index (χ4n) is 1.42. The number of aliphatic hydroxyl groups is 1. The Bertz CT molecular complexity index is 255. The van der Waals surface area contributed by atoms with Gasteiger partial charge in [-0.05, 0) is 12.8 Å². The molecular formula is C8H12N2OS. The van der Waals surface area contributed by atoms with Gasteiger partial charge in [-0.3, -0.25) is 0 Å². The Morgan fingerprint density at radius 2 is 2.25 bits per heavy atom. The molecule has 0 aliphatic carbocycles. The summed E-state index contributed by atoms with van der Waals surface area (Å²) in [5.41, 5.74) is 0. The van der Waals surface area contributed by atoms with Crippen LogP contribution >= 0.6 is 11.3 Å². The number of aliphatic hydroxyl groups excluding tert-OH is 1. The number of anilines is 1. The summed E-state index contributed by atoms with van der Waals surface area (Å²) in [6.07, 6.45) is 4.31. The number of nitrogens with zero attached hydrogens (tertiary/aromatic N) is 2. The molecule has 0 radical (unpaired) electrons. The van der Waals surface area contributed by atoms with E-state index in [1.165, 1.54) is 12.8 Å². The van der Waals surface area contributed by atoms with E-state index in [4.69, 9.17) is 5.11 Å². The largest absolute Gasteiger partial charge is 0.391 e. The van der Waals surface area contributed by atoms with E-state index in [0.717, 1.165) is 23.1 Å². The van der Waals surface area contributed by atoms with Gasteiger partial charge in [0.15, 0.2) is 5.13 Å². The second kappa shape index (κ2) is 3.41. The minimum atomic E-state index is 0.117. The van der Waals surface area contributed by atoms with Crippen LogP contribution in [-0.4, -0.2) is 23.2 Å². The summed E-state index contributed by atoms with van der Waals surface area (Å²) in [6.45, 7) is 2.36. The lowest BCUT2D eigenvalue weighted by Crippen LogP contribution is -2.16. The van der Waals surface area contributed by atoms with E-state index >= 15 is 0 Å². The van der Waals surface area contributed by atoms with Gasteiger partial charge in [0.05, 0.1) is 11.5 Å². The van der Waals surface area contributed by atoms with Gasteiger partial charge in [-0.1, -0.05) is 11.3 Å². The van der Waals surface area contributed by atoms with Crippen LogP contribution in [0, 0.1) is 0 Å². The van der Waals surface area contributed by atoms with E-state index in [0.29, 0.717) is 0 Å². The number of rotatable bonds is 2. The molecule has 1 aliphatic heterocycles. The Kier molecular flexibility index (Phi) is 2.28. The van der Waals surface area contributed by atoms with E-state index in [-0.39, 0.29) is 6.61 Å². The van der Waals surface area contributed by atoms with Crippen LogP contribution in [0.25, 0.3) is 0 Å². The summed E-state index contributed by atoms with van der Waals surface area (Å²) in [5, 5.41) is 9.91. The fourth-order valence-corrected chi connectivity index (χ4v) is 2.25. The van der Waals surface area contributed by atoms with Crippen molar-refractivity contribution in [2.24, 2.45) is 0 Å². The molecule has 0 aromatic carbocycles. The van der Waals surface area contributed by atoms with Gasteiger partial charge >= 0.3 is 0 Å². The van der Waals surface area contributed by atoms with Gasteiger partial charge < -0.3 is 10.0 Å². The van der Waals surface area contributed by atoms with Crippen molar-refractivity contribution in [1.82, 2.24) is 4.98 Å². The molecule has 0 saturated carbocycles. The molecule has 12 heavy (non-hydrogen) atoms. The fraction of sp³-hybridized carbons (Fsp3) is 0.625. The molecular weight excluding hydrogens is 172 g/mol. The van der Waals surface area contributed by atoms with E-state index in [9.17, 15) is 0 Å². The Balaban J connectivity index is 2.11. The molecule has 1 saturated heterocycles. The van der Waals surface area contributed by atoms with Gasteiger partial charge in [-0.25, -0.2) is 4.98 Å². The first kappa shape index (κ1) is 8.01. The summed E-state index contributed by atoms with van der Waals surface area (Å²) in [4.78, 5) is 7.49. The first-order chi connectivity index (χ1) is 5.90. The molecule has 1 fully saturated rings. The van der Waals surface area contributed by atoms with E-state index in [2.05, 4.69) is 9.88 Å². The van der Waals surface area contributed by atoms with Gasteiger partial charge in [0.1, 0.15) is 0 Å². The highest BCUT2D eigenvalue weighted by atomic mass is 32.1. The number of hydrogen-bond donors (Lipinski definition) is 1. The molecule has 0 spiro atoms. The van der Waals surface area contributed by atoms with Crippen molar-refractivity contribution >= 4 is 16.5 Å². The second-order valence-corrected chi connectivity index (χ2v) is 4.06. The maximum Gasteiger partial charge on any atom is 0.185 e. The number of aromatic nitrogens is 1. The van der Waals surface area contributed by atoms with E-state index < -0.39 is 0 Å². The van der Waals surface area contributed by atoms with Gasteiger partial charge in [0.2, 0.25) is 0 Å². The predicted molar refractivity (Wildman–Crippen MR) is 49.5 cm³/mol. The molecule has 0 bridgehead atoms. The highest BCUT2D eigenvalue weighted by molar-refractivity contribution is 7.15. The molecule has 2 heterocycles. The average molecular weight is 184 g/mol. The first-order valence-electron chi connectivity index (χ1n) is 4.20. The van der Waals surface area contributed by atoms with Crippen molar-refractivity contribution < 1.29 is 5.11 Å². The lowest BCUT2D eigenvalue weighted by molar-refractivity contribution is 0.285. The van der Waals surface area contributed by atoms with Crippen molar-refractivity contribution in [3.05, 3.63) is 11.1 Å². The molecule has 66 valence electrons. The number of hydrogen-bond acceptors (Lipinski definition) is 4. The molecule has 3 nitrogen and oxygen atoms in total. The molecule has 0 amide bonds. The first-order valence-corrected chi connectivity index (χ1v) is 5.02. The Morgan fingerprint density at radius 1 is 1.50 bits per heavy atom. The highest BCUT2D eigenvalue weighted by Crippen LogP contribution is 2.25. The summed E-state index contributed by atoms with van der Waals surface area (Å²) < 4.78 is 0. The van der Waals surface area contributed by atoms with Crippen LogP contribution in [0.5, 0.6) is 0 Å². The second-order valence-electron chi connectivity index (χ2n) is 2.96. The van der Waals surface area contributed by atoms with Gasteiger partial charge in [-0.15, -0.1) is 0 Å². The molecule has 2 rings (SSSR count). The number of thiazole rings is 1. The van der Waals surface area contributed by atoms with Crippen LogP contribution in [0.3, 0.4) is 0 Å². The maximum atomic E-state index is 8.85. The minimum Gasteiger partial charge on any atom is -0.391 e. The van der Waals surface area contributed by atoms with Crippen molar-refractivity contribution in [2.75, 3.05) is 18.0 Å². The molecule has 1 aliphatic rings. The van der Waals surface area contributed by atoms with Crippen molar-refractivity contribution in [1.29, 1.82) is 0 Å². The smallest absolute Gasteiger partial charge is 0.185 e. The van der Waals surface area contributed by atoms with Crippen LogP contribution in [0.1, 0.15) is 17.7 Å². The van der Waals surface area contributed by atoms with Crippen molar-refractivity contribution in [3.8, 4) is 0 Å². The van der Waals surface area contributed by atoms with E-state index in [1.807, 2.05) is 0 Å². The standard InChI is InChI=1S/C8H12N2OS/c11-6-7-5-9-8(12-7)10-3-1-2-4-10/h5,11H,1-4,6H2. The lowest BCUT2D eigenvalue weighted by Gasteiger charge is -2.11. The molecule has 0 unspecified atom stereocenters. The van der Waals surface area contributed by atoms with Crippen molar-refractivity contribution in [3.63, 3.8) is 0 Å². The molecule has 1 aromatic rings. The van der Waals surface area contributed by atoms with Crippen LogP contribution in [0.15, 0.2) is 6.20 Å². The summed E-state index contributed by atoms with van der Waals surface area (Å²) in [6, 6.07) is 0. The monoisotopic (exact) mass is 184 g/mol. The Morgan fingerprint density at radius 3 is 2.83 bits per heavy atom. The van der Waals surface area contributed by atoms with Crippen LogP contribution < -0.4 is 4.90 Å². The third kappa shape index (κ3) is 1.44. The zero-order chi connectivity index (χ0) is 8.39. The topological polar surface area (TPSA) is 36.4 Å². The van der Waals surface area contributed by atoms with Gasteiger partial charge in [0, 0.05) is 19.3 Å². The zero-order valence-electron chi connectivity index (χ0n) is 6.86. The minimum absolute atomic E-state index is 0.117. The zero-order valence-corrected chi connectivity index (χ0v) is 7.68. The Labute approximate surface area is 75.7 Å². The quantitative estimate of drug-likeness (QED) is 0.751. The van der Waals surface area contributed by atoms with Gasteiger partial charge in [0.25, 0.3) is 0 Å². The van der Waals surface area contributed by atoms with Crippen LogP contribution in [0.2, 0.25) is 0 Å². The third-order valence-electron chi connectivity index (χ3n) is 2.07. The molecule has 0 atom stereocenters. The van der Waals surface area contributed by atoms with Crippen LogP contribution in [-0.2, 0) is 6.61 Å². The third-order valence-corrected chi connectivity index (χ3v) is 3.12. The van der Waals surface area contributed by atoms with Crippen LogP contribution in [0.4, 0.5) is 5.13 Å². The summed E-state index contributed by atoms with van der Waals surface area (Å²) >= 11 is 1.59. The molecule has 1 N–H and O–H groups in total. The Hall–Kier alpha value is -0.610. The van der Waals surface area contributed by atoms with Crippen molar-refractivity contribution in [2.45, 2.75) is 19.4 Å². The van der Waals surface area contributed by atoms with E-state index in [1.54, 1.807) is 17.5 Å². The lowest BCUT2D eigenvalue weighted by atomic mass is 10.4. The SMILES string of the molecule is OCc1cnc(N2CCCC2)s1. The molecule has 1 aromatic heterocycles.